The van der Waals surface area contributed by atoms with Gasteiger partial charge in [-0.15, -0.1) is 0 Å². The van der Waals surface area contributed by atoms with Gasteiger partial charge < -0.3 is 10.1 Å². The van der Waals surface area contributed by atoms with Crippen molar-refractivity contribution in [3.63, 3.8) is 0 Å². The van der Waals surface area contributed by atoms with Gasteiger partial charge in [0.05, 0.1) is 10.5 Å². The normalized spacial score (nSPS) is 14.4. The number of amides is 1. The van der Waals surface area contributed by atoms with E-state index in [0.717, 1.165) is 27.2 Å². The third kappa shape index (κ3) is 4.07. The van der Waals surface area contributed by atoms with Crippen molar-refractivity contribution in [3.05, 3.63) is 75.8 Å². The standard InChI is InChI=1S/C24H24BrNO2/c1-16(19-11-10-17-6-2-3-8-20(17)14-19)26-23(27)15-28-22-13-12-18-7-4-5-9-21(18)24(22)25/h4-5,7,9-14,16H,2-3,6,8,15H2,1H3,(H,26,27). The first-order chi connectivity index (χ1) is 13.6. The molecule has 0 spiro atoms. The van der Waals surface area contributed by atoms with Crippen LogP contribution in [0.25, 0.3) is 10.8 Å². The summed E-state index contributed by atoms with van der Waals surface area (Å²) in [6.07, 6.45) is 4.85. The molecule has 144 valence electrons. The number of hydrogen-bond acceptors (Lipinski definition) is 2. The zero-order chi connectivity index (χ0) is 19.5. The van der Waals surface area contributed by atoms with Gasteiger partial charge in [0.25, 0.3) is 5.91 Å². The molecule has 0 fully saturated rings. The Morgan fingerprint density at radius 2 is 1.86 bits per heavy atom. The molecule has 1 aliphatic carbocycles. The molecule has 1 unspecified atom stereocenters. The van der Waals surface area contributed by atoms with Crippen molar-refractivity contribution < 1.29 is 9.53 Å². The van der Waals surface area contributed by atoms with Crippen molar-refractivity contribution in [2.24, 2.45) is 0 Å². The summed E-state index contributed by atoms with van der Waals surface area (Å²) in [7, 11) is 0. The zero-order valence-corrected chi connectivity index (χ0v) is 17.6. The Labute approximate surface area is 174 Å². The second kappa shape index (κ2) is 8.36. The number of carbonyl (C=O) groups excluding carboxylic acids is 1. The predicted molar refractivity (Wildman–Crippen MR) is 117 cm³/mol. The summed E-state index contributed by atoms with van der Waals surface area (Å²) in [5, 5.41) is 5.25. The first-order valence-electron chi connectivity index (χ1n) is 9.83. The molecule has 0 heterocycles. The maximum Gasteiger partial charge on any atom is 0.258 e. The van der Waals surface area contributed by atoms with Crippen LogP contribution < -0.4 is 10.1 Å². The van der Waals surface area contributed by atoms with Crippen molar-refractivity contribution in [3.8, 4) is 5.75 Å². The maximum absolute atomic E-state index is 12.4. The average Bonchev–Trinajstić information content (AvgIpc) is 2.73. The number of carbonyl (C=O) groups is 1. The fourth-order valence-corrected chi connectivity index (χ4v) is 4.47. The lowest BCUT2D eigenvalue weighted by atomic mass is 9.89. The fourth-order valence-electron chi connectivity index (χ4n) is 3.86. The molecule has 28 heavy (non-hydrogen) atoms. The van der Waals surface area contributed by atoms with E-state index in [-0.39, 0.29) is 18.6 Å². The van der Waals surface area contributed by atoms with Crippen molar-refractivity contribution in [2.75, 3.05) is 6.61 Å². The minimum Gasteiger partial charge on any atom is -0.483 e. The Bertz CT molecular complexity index is 1010. The summed E-state index contributed by atoms with van der Waals surface area (Å²) in [6, 6.07) is 18.5. The van der Waals surface area contributed by atoms with Crippen molar-refractivity contribution in [1.29, 1.82) is 0 Å². The van der Waals surface area contributed by atoms with Gasteiger partial charge in [0.1, 0.15) is 5.75 Å². The second-order valence-electron chi connectivity index (χ2n) is 7.41. The van der Waals surface area contributed by atoms with Crippen LogP contribution in [0.4, 0.5) is 0 Å². The minimum absolute atomic E-state index is 0.00772. The molecule has 4 heteroatoms. The number of fused-ring (bicyclic) bond motifs is 2. The highest BCUT2D eigenvalue weighted by molar-refractivity contribution is 9.10. The molecule has 1 N–H and O–H groups in total. The second-order valence-corrected chi connectivity index (χ2v) is 8.20. The van der Waals surface area contributed by atoms with E-state index in [0.29, 0.717) is 5.75 Å². The number of aryl methyl sites for hydroxylation is 2. The number of halogens is 1. The van der Waals surface area contributed by atoms with E-state index < -0.39 is 0 Å². The molecule has 4 rings (SSSR count). The monoisotopic (exact) mass is 437 g/mol. The Morgan fingerprint density at radius 3 is 2.71 bits per heavy atom. The van der Waals surface area contributed by atoms with Crippen LogP contribution in [0.15, 0.2) is 59.1 Å². The van der Waals surface area contributed by atoms with Gasteiger partial charge in [-0.2, -0.15) is 0 Å². The van der Waals surface area contributed by atoms with Crippen molar-refractivity contribution >= 4 is 32.6 Å². The summed E-state index contributed by atoms with van der Waals surface area (Å²) in [5.74, 6) is 0.556. The number of rotatable bonds is 5. The number of benzene rings is 3. The van der Waals surface area contributed by atoms with E-state index >= 15 is 0 Å². The average molecular weight is 438 g/mol. The smallest absolute Gasteiger partial charge is 0.258 e. The lowest BCUT2D eigenvalue weighted by Crippen LogP contribution is -2.31. The highest BCUT2D eigenvalue weighted by Crippen LogP contribution is 2.33. The lowest BCUT2D eigenvalue weighted by Gasteiger charge is -2.20. The largest absolute Gasteiger partial charge is 0.483 e. The molecule has 1 atom stereocenters. The Kier molecular flexibility index (Phi) is 5.67. The third-order valence-electron chi connectivity index (χ3n) is 5.44. The SMILES string of the molecule is CC(NC(=O)COc1ccc2ccccc2c1Br)c1ccc2c(c1)CCCC2. The molecule has 1 amide bonds. The topological polar surface area (TPSA) is 38.3 Å². The van der Waals surface area contributed by atoms with Gasteiger partial charge in [-0.3, -0.25) is 4.79 Å². The third-order valence-corrected chi connectivity index (χ3v) is 6.25. The molecule has 0 aromatic heterocycles. The summed E-state index contributed by atoms with van der Waals surface area (Å²) < 4.78 is 6.65. The van der Waals surface area contributed by atoms with Crippen LogP contribution in [-0.4, -0.2) is 12.5 Å². The molecule has 0 radical (unpaired) electrons. The van der Waals surface area contributed by atoms with Crippen LogP contribution in [-0.2, 0) is 17.6 Å². The van der Waals surface area contributed by atoms with Crippen LogP contribution in [0.2, 0.25) is 0 Å². The molecule has 0 saturated heterocycles. The van der Waals surface area contributed by atoms with Crippen molar-refractivity contribution in [1.82, 2.24) is 5.32 Å². The quantitative estimate of drug-likeness (QED) is 0.552. The molecule has 0 bridgehead atoms. The number of hydrogen-bond donors (Lipinski definition) is 1. The number of ether oxygens (including phenoxy) is 1. The summed E-state index contributed by atoms with van der Waals surface area (Å²) in [4.78, 5) is 12.4. The van der Waals surface area contributed by atoms with Crippen LogP contribution in [0.1, 0.15) is 42.5 Å². The van der Waals surface area contributed by atoms with Crippen LogP contribution >= 0.6 is 15.9 Å². The molecule has 0 saturated carbocycles. The van der Waals surface area contributed by atoms with Gasteiger partial charge in [0, 0.05) is 0 Å². The van der Waals surface area contributed by atoms with Gasteiger partial charge in [-0.25, -0.2) is 0 Å². The van der Waals surface area contributed by atoms with Gasteiger partial charge >= 0.3 is 0 Å². The van der Waals surface area contributed by atoms with E-state index in [4.69, 9.17) is 4.74 Å². The highest BCUT2D eigenvalue weighted by atomic mass is 79.9. The minimum atomic E-state index is -0.120. The van der Waals surface area contributed by atoms with Crippen molar-refractivity contribution in [2.45, 2.75) is 38.6 Å². The summed E-state index contributed by atoms with van der Waals surface area (Å²) in [5.41, 5.74) is 4.04. The molecular formula is C24H24BrNO2. The Hall–Kier alpha value is -2.33. The molecular weight excluding hydrogens is 414 g/mol. The van der Waals surface area contributed by atoms with Gasteiger partial charge in [0.15, 0.2) is 6.61 Å². The van der Waals surface area contributed by atoms with Crippen LogP contribution in [0.5, 0.6) is 5.75 Å². The summed E-state index contributed by atoms with van der Waals surface area (Å²) in [6.45, 7) is 2.01. The molecule has 3 nitrogen and oxygen atoms in total. The Morgan fingerprint density at radius 1 is 1.07 bits per heavy atom. The van der Waals surface area contributed by atoms with E-state index in [1.807, 2.05) is 37.3 Å². The van der Waals surface area contributed by atoms with E-state index in [2.05, 4.69) is 45.5 Å². The molecule has 3 aromatic carbocycles. The number of nitrogens with one attached hydrogen (secondary N) is 1. The van der Waals surface area contributed by atoms with Gasteiger partial charge in [-0.05, 0) is 82.1 Å². The van der Waals surface area contributed by atoms with Gasteiger partial charge in [-0.1, -0.05) is 48.5 Å². The fraction of sp³-hybridized carbons (Fsp3) is 0.292. The zero-order valence-electron chi connectivity index (χ0n) is 16.0. The maximum atomic E-state index is 12.4. The molecule has 0 aliphatic heterocycles. The summed E-state index contributed by atoms with van der Waals surface area (Å²) >= 11 is 3.60. The Balaban J connectivity index is 1.39. The first-order valence-corrected chi connectivity index (χ1v) is 10.6. The van der Waals surface area contributed by atoms with Gasteiger partial charge in [0.2, 0.25) is 0 Å². The van der Waals surface area contributed by atoms with Crippen LogP contribution in [0, 0.1) is 0 Å². The molecule has 1 aliphatic rings. The predicted octanol–water partition coefficient (Wildman–Crippen LogP) is 5.74. The highest BCUT2D eigenvalue weighted by Gasteiger charge is 2.15. The van der Waals surface area contributed by atoms with E-state index in [1.54, 1.807) is 0 Å². The van der Waals surface area contributed by atoms with E-state index in [1.165, 1.54) is 30.4 Å². The lowest BCUT2D eigenvalue weighted by molar-refractivity contribution is -0.123. The van der Waals surface area contributed by atoms with Crippen LogP contribution in [0.3, 0.4) is 0 Å². The molecule has 3 aromatic rings. The first kappa shape index (κ1) is 19.0. The van der Waals surface area contributed by atoms with E-state index in [9.17, 15) is 4.79 Å².